The van der Waals surface area contributed by atoms with Gasteiger partial charge >= 0.3 is 0 Å². The Labute approximate surface area is 134 Å². The van der Waals surface area contributed by atoms with Crippen molar-refractivity contribution in [2.24, 2.45) is 0 Å². The van der Waals surface area contributed by atoms with Gasteiger partial charge in [0.05, 0.1) is 5.69 Å². The topological polar surface area (TPSA) is 32.9 Å². The maximum Gasteiger partial charge on any atom is 0.254 e. The van der Waals surface area contributed by atoms with Gasteiger partial charge in [-0.05, 0) is 29.8 Å². The average molecular weight is 381 g/mol. The molecule has 1 N–H and O–H groups in total. The van der Waals surface area contributed by atoms with Crippen LogP contribution in [0.15, 0.2) is 40.9 Å². The number of hydrogen-bond donors (Lipinski definition) is 1. The molecular formula is C13H9BrCl3NO. The molecule has 0 aliphatic rings. The fraction of sp³-hybridized carbons (Fsp3) is 0.154. The number of H-pyrrole nitrogens is 1. The van der Waals surface area contributed by atoms with Crippen LogP contribution in [0.25, 0.3) is 0 Å². The zero-order valence-electron chi connectivity index (χ0n) is 9.59. The zero-order chi connectivity index (χ0) is 14.0. The predicted octanol–water partition coefficient (Wildman–Crippen LogP) is 4.92. The van der Waals surface area contributed by atoms with Crippen molar-refractivity contribution in [1.29, 1.82) is 0 Å². The Morgan fingerprint density at radius 3 is 2.32 bits per heavy atom. The van der Waals surface area contributed by atoms with E-state index in [1.807, 2.05) is 30.3 Å². The minimum Gasteiger partial charge on any atom is -0.356 e. The fourth-order valence-electron chi connectivity index (χ4n) is 1.65. The van der Waals surface area contributed by atoms with Crippen LogP contribution in [-0.2, 0) is 6.42 Å². The van der Waals surface area contributed by atoms with Crippen molar-refractivity contribution in [3.63, 3.8) is 0 Å². The SMILES string of the molecule is O=C(c1ccc(Cc2ccc(Br)cc2)[nH]1)C(Cl)(Cl)Cl. The van der Waals surface area contributed by atoms with Crippen LogP contribution in [-0.4, -0.2) is 14.6 Å². The summed E-state index contributed by atoms with van der Waals surface area (Å²) in [4.78, 5) is 14.7. The third-order valence-electron chi connectivity index (χ3n) is 2.56. The van der Waals surface area contributed by atoms with Crippen LogP contribution in [0.1, 0.15) is 21.7 Å². The van der Waals surface area contributed by atoms with Gasteiger partial charge in [0.1, 0.15) is 0 Å². The molecule has 0 amide bonds. The van der Waals surface area contributed by atoms with Gasteiger partial charge < -0.3 is 4.98 Å². The second-order valence-corrected chi connectivity index (χ2v) is 7.22. The lowest BCUT2D eigenvalue weighted by Gasteiger charge is -2.07. The number of carbonyl (C=O) groups excluding carboxylic acids is 1. The third kappa shape index (κ3) is 3.99. The first-order valence-corrected chi connectivity index (χ1v) is 7.33. The maximum absolute atomic E-state index is 11.7. The Balaban J connectivity index is 2.14. The highest BCUT2D eigenvalue weighted by Crippen LogP contribution is 2.30. The minimum atomic E-state index is -1.93. The van der Waals surface area contributed by atoms with E-state index < -0.39 is 9.58 Å². The number of rotatable bonds is 3. The summed E-state index contributed by atoms with van der Waals surface area (Å²) in [7, 11) is 0. The first-order chi connectivity index (χ1) is 8.86. The molecule has 0 spiro atoms. The second kappa shape index (κ2) is 5.88. The van der Waals surface area contributed by atoms with E-state index in [1.165, 1.54) is 0 Å². The summed E-state index contributed by atoms with van der Waals surface area (Å²) in [5, 5.41) is 0. The van der Waals surface area contributed by atoms with Crippen molar-refractivity contribution < 1.29 is 4.79 Å². The van der Waals surface area contributed by atoms with Crippen LogP contribution in [0.2, 0.25) is 0 Å². The van der Waals surface area contributed by atoms with Crippen LogP contribution in [0.4, 0.5) is 0 Å². The zero-order valence-corrected chi connectivity index (χ0v) is 13.4. The van der Waals surface area contributed by atoms with Gasteiger partial charge in [-0.1, -0.05) is 62.9 Å². The minimum absolute atomic E-state index is 0.298. The summed E-state index contributed by atoms with van der Waals surface area (Å²) < 4.78 is -0.908. The normalized spacial score (nSPS) is 11.6. The van der Waals surface area contributed by atoms with E-state index in [2.05, 4.69) is 20.9 Å². The number of carbonyl (C=O) groups is 1. The summed E-state index contributed by atoms with van der Waals surface area (Å²) in [6.45, 7) is 0. The van der Waals surface area contributed by atoms with Crippen molar-refractivity contribution in [1.82, 2.24) is 4.98 Å². The highest BCUT2D eigenvalue weighted by atomic mass is 79.9. The van der Waals surface area contributed by atoms with Gasteiger partial charge in [0.2, 0.25) is 5.78 Å². The number of halogens is 4. The number of aromatic amines is 1. The molecule has 0 saturated heterocycles. The lowest BCUT2D eigenvalue weighted by atomic mass is 10.1. The van der Waals surface area contributed by atoms with E-state index in [1.54, 1.807) is 6.07 Å². The summed E-state index contributed by atoms with van der Waals surface area (Å²) in [6, 6.07) is 11.4. The molecule has 0 atom stereocenters. The van der Waals surface area contributed by atoms with Crippen LogP contribution >= 0.6 is 50.7 Å². The van der Waals surface area contributed by atoms with E-state index >= 15 is 0 Å². The van der Waals surface area contributed by atoms with Crippen LogP contribution in [0.3, 0.4) is 0 Å². The molecule has 0 aliphatic heterocycles. The number of Topliss-reactive ketones (excluding diaryl/α,β-unsaturated/α-hetero) is 1. The first-order valence-electron chi connectivity index (χ1n) is 5.40. The molecule has 1 aromatic carbocycles. The molecule has 0 unspecified atom stereocenters. The van der Waals surface area contributed by atoms with Crippen LogP contribution in [0.5, 0.6) is 0 Å². The van der Waals surface area contributed by atoms with Gasteiger partial charge in [-0.15, -0.1) is 0 Å². The third-order valence-corrected chi connectivity index (χ3v) is 3.60. The van der Waals surface area contributed by atoms with Gasteiger partial charge in [-0.2, -0.15) is 0 Å². The standard InChI is InChI=1S/C13H9BrCl3NO/c14-9-3-1-8(2-4-9)7-10-5-6-11(18-10)12(19)13(15,16)17/h1-6,18H,7H2. The number of hydrogen-bond acceptors (Lipinski definition) is 1. The molecule has 0 aliphatic carbocycles. The Morgan fingerprint density at radius 1 is 1.11 bits per heavy atom. The molecule has 2 aromatic rings. The smallest absolute Gasteiger partial charge is 0.254 e. The number of nitrogens with one attached hydrogen (secondary N) is 1. The predicted molar refractivity (Wildman–Crippen MR) is 82.4 cm³/mol. The number of aromatic nitrogens is 1. The molecular weight excluding hydrogens is 372 g/mol. The first kappa shape index (κ1) is 14.9. The molecule has 2 rings (SSSR count). The van der Waals surface area contributed by atoms with E-state index in [4.69, 9.17) is 34.8 Å². The van der Waals surface area contributed by atoms with Crippen molar-refractivity contribution in [3.8, 4) is 0 Å². The highest BCUT2D eigenvalue weighted by Gasteiger charge is 2.32. The molecule has 0 bridgehead atoms. The fourth-order valence-corrected chi connectivity index (χ4v) is 2.22. The lowest BCUT2D eigenvalue weighted by molar-refractivity contribution is 0.0992. The Hall–Kier alpha value is -0.480. The van der Waals surface area contributed by atoms with Crippen LogP contribution < -0.4 is 0 Å². The average Bonchev–Trinajstić information content (AvgIpc) is 2.78. The van der Waals surface area contributed by atoms with E-state index in [-0.39, 0.29) is 0 Å². The Bertz CT molecular complexity index is 587. The molecule has 2 nitrogen and oxygen atoms in total. The highest BCUT2D eigenvalue weighted by molar-refractivity contribution is 9.10. The van der Waals surface area contributed by atoms with E-state index in [0.29, 0.717) is 12.1 Å². The van der Waals surface area contributed by atoms with Crippen molar-refractivity contribution in [3.05, 3.63) is 57.8 Å². The molecule has 1 heterocycles. The summed E-state index contributed by atoms with van der Waals surface area (Å²) in [5.74, 6) is -0.556. The molecule has 100 valence electrons. The van der Waals surface area contributed by atoms with Crippen LogP contribution in [0, 0.1) is 0 Å². The second-order valence-electron chi connectivity index (χ2n) is 4.03. The molecule has 0 radical (unpaired) electrons. The van der Waals surface area contributed by atoms with E-state index in [0.717, 1.165) is 15.7 Å². The number of alkyl halides is 3. The van der Waals surface area contributed by atoms with Gasteiger partial charge in [-0.25, -0.2) is 0 Å². The Morgan fingerprint density at radius 2 is 1.74 bits per heavy atom. The quantitative estimate of drug-likeness (QED) is 0.594. The molecule has 1 aromatic heterocycles. The Kier molecular flexibility index (Phi) is 4.62. The summed E-state index contributed by atoms with van der Waals surface area (Å²) in [5.41, 5.74) is 2.31. The van der Waals surface area contributed by atoms with Crippen molar-refractivity contribution >= 4 is 56.5 Å². The van der Waals surface area contributed by atoms with E-state index in [9.17, 15) is 4.79 Å². The molecule has 0 fully saturated rings. The molecule has 19 heavy (non-hydrogen) atoms. The van der Waals surface area contributed by atoms with Crippen molar-refractivity contribution in [2.45, 2.75) is 10.2 Å². The monoisotopic (exact) mass is 379 g/mol. The summed E-state index contributed by atoms with van der Waals surface area (Å²) >= 11 is 20.1. The van der Waals surface area contributed by atoms with Gasteiger partial charge in [0.25, 0.3) is 3.79 Å². The van der Waals surface area contributed by atoms with Crippen molar-refractivity contribution in [2.75, 3.05) is 0 Å². The van der Waals surface area contributed by atoms with Gasteiger partial charge in [0.15, 0.2) is 0 Å². The molecule has 0 saturated carbocycles. The number of benzene rings is 1. The van der Waals surface area contributed by atoms with Gasteiger partial charge in [-0.3, -0.25) is 4.79 Å². The number of ketones is 1. The maximum atomic E-state index is 11.7. The largest absolute Gasteiger partial charge is 0.356 e. The van der Waals surface area contributed by atoms with Gasteiger partial charge in [0, 0.05) is 16.6 Å². The lowest BCUT2D eigenvalue weighted by Crippen LogP contribution is -2.19. The molecule has 6 heteroatoms. The summed E-state index contributed by atoms with van der Waals surface area (Å²) in [6.07, 6.45) is 0.681.